The number of carboxylic acid groups (broad SMARTS) is 1. The molecule has 2 aromatic heterocycles. The second kappa shape index (κ2) is 10.4. The molecule has 2 rings (SSSR count). The van der Waals surface area contributed by atoms with Crippen molar-refractivity contribution < 1.29 is 19.4 Å². The fourth-order valence-corrected chi connectivity index (χ4v) is 3.63. The average molecular weight is 401 g/mol. The number of thiophene rings is 1. The number of hydrogen-bond acceptors (Lipinski definition) is 7. The first kappa shape index (κ1) is 21.4. The summed E-state index contributed by atoms with van der Waals surface area (Å²) >= 11 is 1.44. The molecule has 2 aromatic rings. The van der Waals surface area contributed by atoms with Gasteiger partial charge in [0.25, 0.3) is 0 Å². The number of nitrogens with one attached hydrogen (secondary N) is 1. The summed E-state index contributed by atoms with van der Waals surface area (Å²) in [5.41, 5.74) is 1.65. The Bertz CT molecular complexity index is 873. The van der Waals surface area contributed by atoms with Crippen LogP contribution in [0, 0.1) is 18.3 Å². The van der Waals surface area contributed by atoms with Crippen LogP contribution >= 0.6 is 11.3 Å². The van der Waals surface area contributed by atoms with Gasteiger partial charge in [-0.25, -0.2) is 9.78 Å². The topological polar surface area (TPSA) is 112 Å². The third-order valence-corrected chi connectivity index (χ3v) is 4.98. The zero-order chi connectivity index (χ0) is 20.5. The molecule has 28 heavy (non-hydrogen) atoms. The largest absolute Gasteiger partial charge is 0.481 e. The number of nitriles is 1. The zero-order valence-electron chi connectivity index (χ0n) is 15.9. The number of carbonyl (C=O) groups excluding carboxylic acids is 1. The number of aromatic nitrogens is 1. The van der Waals surface area contributed by atoms with Crippen LogP contribution in [-0.2, 0) is 9.53 Å². The van der Waals surface area contributed by atoms with Gasteiger partial charge in [0.1, 0.15) is 17.5 Å². The van der Waals surface area contributed by atoms with Gasteiger partial charge in [-0.1, -0.05) is 12.5 Å². The molecular formula is C20H23N3O4S. The van der Waals surface area contributed by atoms with Gasteiger partial charge in [-0.15, -0.1) is 11.3 Å². The minimum absolute atomic E-state index is 0.150. The standard InChI is InChI=1S/C20H23N3O4S/c1-3-27-20(26)17-13(2)23-19(22-10-6-4-5-9-16(24)25)14(12-21)18(17)15-8-7-11-28-15/h7-8,11H,3-6,9-10H2,1-2H3,(H,22,23)(H,24,25). The lowest BCUT2D eigenvalue weighted by molar-refractivity contribution is -0.137. The normalized spacial score (nSPS) is 10.3. The van der Waals surface area contributed by atoms with Crippen LogP contribution in [0.5, 0.6) is 0 Å². The molecule has 0 saturated carbocycles. The van der Waals surface area contributed by atoms with Crippen LogP contribution in [0.15, 0.2) is 17.5 Å². The first-order chi connectivity index (χ1) is 13.5. The van der Waals surface area contributed by atoms with Crippen molar-refractivity contribution in [2.24, 2.45) is 0 Å². The molecule has 2 N–H and O–H groups in total. The number of ether oxygens (including phenoxy) is 1. The van der Waals surface area contributed by atoms with Gasteiger partial charge >= 0.3 is 11.9 Å². The van der Waals surface area contributed by atoms with Gasteiger partial charge in [0.05, 0.1) is 17.9 Å². The SMILES string of the molecule is CCOC(=O)c1c(C)nc(NCCCCCC(=O)O)c(C#N)c1-c1cccs1. The molecule has 0 spiro atoms. The predicted molar refractivity (Wildman–Crippen MR) is 108 cm³/mol. The molecule has 2 heterocycles. The molecule has 0 aliphatic rings. The lowest BCUT2D eigenvalue weighted by atomic mass is 9.99. The van der Waals surface area contributed by atoms with Crippen LogP contribution < -0.4 is 5.32 Å². The zero-order valence-corrected chi connectivity index (χ0v) is 16.8. The molecule has 0 aliphatic carbocycles. The molecular weight excluding hydrogens is 378 g/mol. The number of hydrogen-bond donors (Lipinski definition) is 2. The number of nitrogens with zero attached hydrogens (tertiary/aromatic N) is 2. The number of unbranched alkanes of at least 4 members (excludes halogenated alkanes) is 2. The third-order valence-electron chi connectivity index (χ3n) is 4.10. The average Bonchev–Trinajstić information content (AvgIpc) is 3.18. The number of carbonyl (C=O) groups is 2. The fourth-order valence-electron chi connectivity index (χ4n) is 2.85. The van der Waals surface area contributed by atoms with Crippen LogP contribution in [0.1, 0.15) is 54.2 Å². The van der Waals surface area contributed by atoms with Gasteiger partial charge in [0.15, 0.2) is 0 Å². The maximum Gasteiger partial charge on any atom is 0.340 e. The van der Waals surface area contributed by atoms with Crippen LogP contribution in [0.3, 0.4) is 0 Å². The van der Waals surface area contributed by atoms with E-state index >= 15 is 0 Å². The van der Waals surface area contributed by atoms with Crippen molar-refractivity contribution in [1.82, 2.24) is 4.98 Å². The highest BCUT2D eigenvalue weighted by molar-refractivity contribution is 7.13. The van der Waals surface area contributed by atoms with Crippen molar-refractivity contribution >= 4 is 29.1 Å². The second-order valence-electron chi connectivity index (χ2n) is 6.11. The molecule has 7 nitrogen and oxygen atoms in total. The highest BCUT2D eigenvalue weighted by Crippen LogP contribution is 2.36. The van der Waals surface area contributed by atoms with Crippen LogP contribution in [0.25, 0.3) is 10.4 Å². The molecule has 0 amide bonds. The van der Waals surface area contributed by atoms with Crippen molar-refractivity contribution in [3.63, 3.8) is 0 Å². The maximum absolute atomic E-state index is 12.5. The summed E-state index contributed by atoms with van der Waals surface area (Å²) < 4.78 is 5.18. The highest BCUT2D eigenvalue weighted by atomic mass is 32.1. The van der Waals surface area contributed by atoms with E-state index in [1.807, 2.05) is 17.5 Å². The number of esters is 1. The summed E-state index contributed by atoms with van der Waals surface area (Å²) in [6.07, 6.45) is 2.28. The van der Waals surface area contributed by atoms with Crippen molar-refractivity contribution in [2.45, 2.75) is 39.5 Å². The van der Waals surface area contributed by atoms with Crippen LogP contribution in [0.2, 0.25) is 0 Å². The molecule has 0 unspecified atom stereocenters. The van der Waals surface area contributed by atoms with Gasteiger partial charge in [-0.05, 0) is 38.1 Å². The van der Waals surface area contributed by atoms with E-state index in [9.17, 15) is 14.9 Å². The molecule has 0 radical (unpaired) electrons. The van der Waals surface area contributed by atoms with E-state index in [1.165, 1.54) is 11.3 Å². The molecule has 0 atom stereocenters. The quantitative estimate of drug-likeness (QED) is 0.452. The molecule has 0 fully saturated rings. The summed E-state index contributed by atoms with van der Waals surface area (Å²) in [4.78, 5) is 28.3. The highest BCUT2D eigenvalue weighted by Gasteiger charge is 2.25. The van der Waals surface area contributed by atoms with Gasteiger partial charge in [0.2, 0.25) is 0 Å². The van der Waals surface area contributed by atoms with Crippen molar-refractivity contribution in [3.8, 4) is 16.5 Å². The monoisotopic (exact) mass is 401 g/mol. The van der Waals surface area contributed by atoms with E-state index < -0.39 is 11.9 Å². The van der Waals surface area contributed by atoms with E-state index in [0.29, 0.717) is 41.2 Å². The summed E-state index contributed by atoms with van der Waals surface area (Å²) in [5, 5.41) is 23.5. The smallest absolute Gasteiger partial charge is 0.340 e. The molecule has 0 aliphatic heterocycles. The number of rotatable bonds is 10. The Morgan fingerprint density at radius 3 is 2.75 bits per heavy atom. The number of aryl methyl sites for hydroxylation is 1. The predicted octanol–water partition coefficient (Wildman–Crippen LogP) is 4.22. The number of aliphatic carboxylic acids is 1. The Balaban J connectivity index is 2.31. The maximum atomic E-state index is 12.5. The molecule has 0 bridgehead atoms. The van der Waals surface area contributed by atoms with Crippen molar-refractivity contribution in [3.05, 3.63) is 34.3 Å². The Labute approximate surface area is 168 Å². The van der Waals surface area contributed by atoms with Crippen LogP contribution in [0.4, 0.5) is 5.82 Å². The Morgan fingerprint density at radius 1 is 1.36 bits per heavy atom. The third kappa shape index (κ3) is 5.30. The van der Waals surface area contributed by atoms with Gasteiger partial charge < -0.3 is 15.2 Å². The Kier molecular flexibility index (Phi) is 7.96. The number of anilines is 1. The van der Waals surface area contributed by atoms with Crippen molar-refractivity contribution in [2.75, 3.05) is 18.5 Å². The van der Waals surface area contributed by atoms with Gasteiger partial charge in [-0.3, -0.25) is 4.79 Å². The van der Waals surface area contributed by atoms with Gasteiger partial charge in [-0.2, -0.15) is 5.26 Å². The first-order valence-electron chi connectivity index (χ1n) is 9.10. The summed E-state index contributed by atoms with van der Waals surface area (Å²) in [6, 6.07) is 5.90. The van der Waals surface area contributed by atoms with E-state index in [2.05, 4.69) is 16.4 Å². The Hall–Kier alpha value is -2.92. The first-order valence-corrected chi connectivity index (χ1v) is 9.98. The summed E-state index contributed by atoms with van der Waals surface area (Å²) in [5.74, 6) is -0.866. The molecule has 0 saturated heterocycles. The minimum atomic E-state index is -0.799. The summed E-state index contributed by atoms with van der Waals surface area (Å²) in [7, 11) is 0. The molecule has 0 aromatic carbocycles. The number of carboxylic acids is 1. The van der Waals surface area contributed by atoms with Crippen molar-refractivity contribution in [1.29, 1.82) is 5.26 Å². The van der Waals surface area contributed by atoms with E-state index in [-0.39, 0.29) is 13.0 Å². The number of pyridine rings is 1. The second-order valence-corrected chi connectivity index (χ2v) is 7.06. The lowest BCUT2D eigenvalue weighted by Crippen LogP contribution is -2.14. The lowest BCUT2D eigenvalue weighted by Gasteiger charge is -2.16. The summed E-state index contributed by atoms with van der Waals surface area (Å²) in [6.45, 7) is 4.25. The molecule has 8 heteroatoms. The van der Waals surface area contributed by atoms with E-state index in [4.69, 9.17) is 9.84 Å². The molecule has 148 valence electrons. The van der Waals surface area contributed by atoms with E-state index in [0.717, 1.165) is 17.7 Å². The van der Waals surface area contributed by atoms with Crippen LogP contribution in [-0.4, -0.2) is 35.2 Å². The fraction of sp³-hybridized carbons (Fsp3) is 0.400. The van der Waals surface area contributed by atoms with Gasteiger partial charge in [0, 0.05) is 23.4 Å². The Morgan fingerprint density at radius 2 is 2.14 bits per heavy atom. The van der Waals surface area contributed by atoms with E-state index in [1.54, 1.807) is 13.8 Å². The minimum Gasteiger partial charge on any atom is -0.481 e.